The Morgan fingerprint density at radius 3 is 2.71 bits per heavy atom. The van der Waals surface area contributed by atoms with Gasteiger partial charge in [-0.3, -0.25) is 9.59 Å². The van der Waals surface area contributed by atoms with Gasteiger partial charge in [-0.25, -0.2) is 4.79 Å². The minimum absolute atomic E-state index is 0.106. The Hall–Kier alpha value is -2.45. The Balaban J connectivity index is 1.81. The van der Waals surface area contributed by atoms with Crippen LogP contribution in [0.15, 0.2) is 21.8 Å². The number of Topliss-reactive ketones (excluding diaryl/α,β-unsaturated/α-hetero) is 1. The summed E-state index contributed by atoms with van der Waals surface area (Å²) in [4.78, 5) is 38.4. The molecule has 31 heavy (non-hydrogen) atoms. The van der Waals surface area contributed by atoms with Gasteiger partial charge in [0.2, 0.25) is 5.78 Å². The second-order valence-electron chi connectivity index (χ2n) is 9.52. The topological polar surface area (TPSA) is 112 Å². The predicted molar refractivity (Wildman–Crippen MR) is 106 cm³/mol. The number of methoxy groups -OCH3 is 1. The highest BCUT2D eigenvalue weighted by molar-refractivity contribution is 6.13. The van der Waals surface area contributed by atoms with Crippen LogP contribution in [0.5, 0.6) is 0 Å². The first kappa shape index (κ1) is 20.5. The number of hydrogen-bond donors (Lipinski definition) is 1. The van der Waals surface area contributed by atoms with Crippen LogP contribution in [0.2, 0.25) is 0 Å². The molecule has 8 heteroatoms. The van der Waals surface area contributed by atoms with E-state index in [0.29, 0.717) is 36.0 Å². The number of furan rings is 1. The van der Waals surface area contributed by atoms with Crippen LogP contribution in [-0.4, -0.2) is 54.9 Å². The van der Waals surface area contributed by atoms with Gasteiger partial charge in [-0.05, 0) is 37.7 Å². The molecule has 166 valence electrons. The summed E-state index contributed by atoms with van der Waals surface area (Å²) in [6, 6.07) is 0. The van der Waals surface area contributed by atoms with Crippen LogP contribution < -0.4 is 0 Å². The molecule has 0 spiro atoms. The van der Waals surface area contributed by atoms with Gasteiger partial charge in [0.1, 0.15) is 24.0 Å². The Morgan fingerprint density at radius 2 is 2.03 bits per heavy atom. The Bertz CT molecular complexity index is 1030. The van der Waals surface area contributed by atoms with Crippen LogP contribution in [0.3, 0.4) is 0 Å². The fourth-order valence-electron chi connectivity index (χ4n) is 6.47. The van der Waals surface area contributed by atoms with Crippen molar-refractivity contribution in [2.24, 2.45) is 11.3 Å². The maximum Gasteiger partial charge on any atom is 0.342 e. The zero-order valence-corrected chi connectivity index (χ0v) is 18.0. The van der Waals surface area contributed by atoms with E-state index >= 15 is 0 Å². The molecule has 1 aliphatic heterocycles. The second kappa shape index (κ2) is 6.53. The lowest BCUT2D eigenvalue weighted by Crippen LogP contribution is -2.57. The molecular formula is C23H26O8. The number of cyclic esters (lactones) is 1. The van der Waals surface area contributed by atoms with E-state index in [0.717, 1.165) is 0 Å². The molecule has 1 N–H and O–H groups in total. The highest BCUT2D eigenvalue weighted by Gasteiger charge is 2.64. The Kier molecular flexibility index (Phi) is 4.31. The summed E-state index contributed by atoms with van der Waals surface area (Å²) in [7, 11) is 1.51. The number of carbonyl (C=O) groups is 3. The van der Waals surface area contributed by atoms with Crippen molar-refractivity contribution in [2.75, 3.05) is 13.7 Å². The van der Waals surface area contributed by atoms with Gasteiger partial charge in [0.15, 0.2) is 5.76 Å². The maximum atomic E-state index is 13.7. The van der Waals surface area contributed by atoms with Crippen molar-refractivity contribution in [1.82, 2.24) is 0 Å². The van der Waals surface area contributed by atoms with Crippen molar-refractivity contribution in [1.29, 1.82) is 0 Å². The number of ketones is 1. The first-order valence-corrected chi connectivity index (χ1v) is 10.6. The van der Waals surface area contributed by atoms with E-state index in [1.165, 1.54) is 20.3 Å². The average Bonchev–Trinajstić information content (AvgIpc) is 3.27. The number of allylic oxidation sites excluding steroid dienone is 1. The smallest absolute Gasteiger partial charge is 0.342 e. The molecular weight excluding hydrogens is 404 g/mol. The average molecular weight is 430 g/mol. The first-order valence-electron chi connectivity index (χ1n) is 10.6. The summed E-state index contributed by atoms with van der Waals surface area (Å²) in [6.07, 6.45) is 0.787. The number of aliphatic hydroxyl groups is 1. The summed E-state index contributed by atoms with van der Waals surface area (Å²) < 4.78 is 22.5. The fraction of sp³-hybridized carbons (Fsp3) is 0.609. The van der Waals surface area contributed by atoms with Crippen LogP contribution in [0.4, 0.5) is 0 Å². The van der Waals surface area contributed by atoms with Crippen molar-refractivity contribution in [3.63, 3.8) is 0 Å². The summed E-state index contributed by atoms with van der Waals surface area (Å²) in [5.74, 6) is -1.43. The number of fused-ring (bicyclic) bond motifs is 3. The lowest BCUT2D eigenvalue weighted by Gasteiger charge is -2.52. The number of hydrogen-bond acceptors (Lipinski definition) is 8. The zero-order chi connectivity index (χ0) is 22.3. The van der Waals surface area contributed by atoms with Crippen LogP contribution in [0, 0.1) is 11.3 Å². The molecule has 1 fully saturated rings. The Labute approximate surface area is 179 Å². The summed E-state index contributed by atoms with van der Waals surface area (Å²) >= 11 is 0. The van der Waals surface area contributed by atoms with Crippen LogP contribution >= 0.6 is 0 Å². The molecule has 0 radical (unpaired) electrons. The number of rotatable bonds is 3. The molecule has 0 amide bonds. The van der Waals surface area contributed by atoms with Gasteiger partial charge >= 0.3 is 11.9 Å². The summed E-state index contributed by atoms with van der Waals surface area (Å²) in [5, 5.41) is 10.8. The molecule has 0 bridgehead atoms. The molecule has 1 aromatic heterocycles. The van der Waals surface area contributed by atoms with Crippen LogP contribution in [0.1, 0.15) is 66.5 Å². The Morgan fingerprint density at radius 1 is 1.29 bits per heavy atom. The SMILES string of the molecule is COCC1OC(=O)c2coc3c2C1(C)C1=C(C3=O)[C@@H]2CCC(O)C2(C)C[C@H]1OC(C)=O. The normalized spacial score (nSPS) is 38.4. The van der Waals surface area contributed by atoms with Crippen LogP contribution in [0.25, 0.3) is 0 Å². The van der Waals surface area contributed by atoms with E-state index in [-0.39, 0.29) is 29.6 Å². The predicted octanol–water partition coefficient (Wildman–Crippen LogP) is 2.33. The van der Waals surface area contributed by atoms with E-state index < -0.39 is 41.1 Å². The molecule has 1 saturated carbocycles. The monoisotopic (exact) mass is 430 g/mol. The second-order valence-corrected chi connectivity index (χ2v) is 9.52. The summed E-state index contributed by atoms with van der Waals surface area (Å²) in [5.41, 5.74) is 0.292. The quantitative estimate of drug-likeness (QED) is 0.727. The molecule has 5 rings (SSSR count). The molecule has 0 saturated heterocycles. The standard InChI is InChI=1S/C23H26O8/c1-10(24)30-13-7-22(2)12(5-6-14(22)25)16-18(13)23(3)15(9-28-4)31-21(27)11-8-29-20(17(11)23)19(16)26/h8,12-15,25H,5-7,9H2,1-4H3/t12-,13+,14?,15?,22?,23?/m0/s1. The van der Waals surface area contributed by atoms with E-state index in [2.05, 4.69) is 0 Å². The minimum Gasteiger partial charge on any atom is -0.460 e. The van der Waals surface area contributed by atoms with Crippen molar-refractivity contribution in [3.05, 3.63) is 34.3 Å². The molecule has 1 aromatic rings. The molecule has 4 aliphatic rings. The third-order valence-corrected chi connectivity index (χ3v) is 7.93. The van der Waals surface area contributed by atoms with Gasteiger partial charge in [0.05, 0.1) is 18.1 Å². The summed E-state index contributed by atoms with van der Waals surface area (Å²) in [6.45, 7) is 5.28. The van der Waals surface area contributed by atoms with E-state index in [9.17, 15) is 19.5 Å². The van der Waals surface area contributed by atoms with Gasteiger partial charge in [0, 0.05) is 30.6 Å². The highest BCUT2D eigenvalue weighted by atomic mass is 16.6. The number of carbonyl (C=O) groups excluding carboxylic acids is 3. The van der Waals surface area contributed by atoms with Crippen molar-refractivity contribution < 1.29 is 38.1 Å². The molecule has 6 atom stereocenters. The lowest BCUT2D eigenvalue weighted by atomic mass is 9.54. The molecule has 4 unspecified atom stereocenters. The maximum absolute atomic E-state index is 13.7. The van der Waals surface area contributed by atoms with Crippen molar-refractivity contribution in [3.8, 4) is 0 Å². The van der Waals surface area contributed by atoms with E-state index in [1.807, 2.05) is 13.8 Å². The minimum atomic E-state index is -0.959. The van der Waals surface area contributed by atoms with E-state index in [4.69, 9.17) is 18.6 Å². The number of aliphatic hydroxyl groups excluding tert-OH is 1. The largest absolute Gasteiger partial charge is 0.460 e. The van der Waals surface area contributed by atoms with Crippen molar-refractivity contribution >= 4 is 17.7 Å². The third kappa shape index (κ3) is 2.46. The number of esters is 2. The van der Waals surface area contributed by atoms with Crippen LogP contribution in [-0.2, 0) is 24.4 Å². The number of ether oxygens (including phenoxy) is 3. The zero-order valence-electron chi connectivity index (χ0n) is 18.0. The lowest BCUT2D eigenvalue weighted by molar-refractivity contribution is -0.149. The van der Waals surface area contributed by atoms with Gasteiger partial charge in [-0.15, -0.1) is 0 Å². The van der Waals surface area contributed by atoms with Gasteiger partial charge in [0.25, 0.3) is 0 Å². The fourth-order valence-corrected chi connectivity index (χ4v) is 6.47. The van der Waals surface area contributed by atoms with Gasteiger partial charge in [-0.1, -0.05) is 6.92 Å². The third-order valence-electron chi connectivity index (χ3n) is 7.93. The molecule has 8 nitrogen and oxygen atoms in total. The highest BCUT2D eigenvalue weighted by Crippen LogP contribution is 2.62. The van der Waals surface area contributed by atoms with E-state index in [1.54, 1.807) is 0 Å². The van der Waals surface area contributed by atoms with Crippen molar-refractivity contribution in [2.45, 2.75) is 63.8 Å². The van der Waals surface area contributed by atoms with Gasteiger partial charge in [-0.2, -0.15) is 0 Å². The molecule has 2 heterocycles. The molecule has 0 aromatic carbocycles. The molecule has 3 aliphatic carbocycles. The van der Waals surface area contributed by atoms with Gasteiger partial charge < -0.3 is 23.7 Å². The first-order chi connectivity index (χ1) is 14.6.